The molecule has 49 heavy (non-hydrogen) atoms. The molecular formula is C38H46Cl2N4O5. The van der Waals surface area contributed by atoms with E-state index in [4.69, 9.17) is 27.9 Å². The summed E-state index contributed by atoms with van der Waals surface area (Å²) in [6.45, 7) is 2.85. The van der Waals surface area contributed by atoms with Crippen LogP contribution < -0.4 is 10.1 Å². The number of nitrogens with zero attached hydrogens (tertiary/aromatic N) is 3. The number of hydrogen-bond acceptors (Lipinski definition) is 6. The van der Waals surface area contributed by atoms with E-state index >= 15 is 0 Å². The lowest BCUT2D eigenvalue weighted by molar-refractivity contribution is -0.384. The highest BCUT2D eigenvalue weighted by Gasteiger charge is 2.32. The normalized spacial score (nSPS) is 11.8. The van der Waals surface area contributed by atoms with Gasteiger partial charge < -0.3 is 10.1 Å². The highest BCUT2D eigenvalue weighted by Crippen LogP contribution is 2.29. The lowest BCUT2D eigenvalue weighted by Crippen LogP contribution is -2.33. The third-order valence-electron chi connectivity index (χ3n) is 8.63. The summed E-state index contributed by atoms with van der Waals surface area (Å²) in [5, 5.41) is 19.3. The molecule has 0 aliphatic heterocycles. The first kappa shape index (κ1) is 37.9. The molecule has 0 aliphatic carbocycles. The average Bonchev–Trinajstić information content (AvgIpc) is 3.51. The van der Waals surface area contributed by atoms with Crippen molar-refractivity contribution in [1.29, 1.82) is 0 Å². The maximum absolute atomic E-state index is 13.9. The van der Waals surface area contributed by atoms with E-state index in [0.29, 0.717) is 28.3 Å². The lowest BCUT2D eigenvalue weighted by Gasteiger charge is -2.18. The Morgan fingerprint density at radius 1 is 0.837 bits per heavy atom. The number of anilines is 1. The number of ether oxygens (including phenoxy) is 1. The van der Waals surface area contributed by atoms with Gasteiger partial charge in [-0.05, 0) is 55.0 Å². The molecule has 0 fully saturated rings. The van der Waals surface area contributed by atoms with Gasteiger partial charge in [0.1, 0.15) is 5.75 Å². The Bertz CT molecular complexity index is 1670. The second-order valence-corrected chi connectivity index (χ2v) is 13.3. The third kappa shape index (κ3) is 11.6. The van der Waals surface area contributed by atoms with E-state index in [1.165, 1.54) is 112 Å². The Kier molecular flexibility index (Phi) is 15.4. The van der Waals surface area contributed by atoms with E-state index in [1.807, 2.05) is 0 Å². The number of non-ortho nitro benzene ring substituents is 1. The van der Waals surface area contributed by atoms with Crippen LogP contribution in [0.1, 0.15) is 113 Å². The van der Waals surface area contributed by atoms with Gasteiger partial charge in [-0.15, -0.1) is 0 Å². The number of aromatic nitrogens is 2. The molecule has 262 valence electrons. The van der Waals surface area contributed by atoms with Crippen LogP contribution in [0, 0.1) is 10.1 Å². The van der Waals surface area contributed by atoms with Crippen molar-refractivity contribution in [1.82, 2.24) is 9.78 Å². The molecule has 4 rings (SSSR count). The number of rotatable bonds is 22. The number of nitro benzene ring substituents is 1. The molecule has 1 heterocycles. The minimum absolute atomic E-state index is 0.128. The summed E-state index contributed by atoms with van der Waals surface area (Å²) in [6, 6.07) is 13.9. The molecule has 0 radical (unpaired) electrons. The van der Waals surface area contributed by atoms with Crippen molar-refractivity contribution in [3.63, 3.8) is 0 Å². The minimum atomic E-state index is -1.44. The molecule has 1 N–H and O–H groups in total. The van der Waals surface area contributed by atoms with Gasteiger partial charge in [0.15, 0.2) is 11.8 Å². The third-order valence-corrected chi connectivity index (χ3v) is 9.17. The predicted molar refractivity (Wildman–Crippen MR) is 197 cm³/mol. The number of Topliss-reactive ketones (excluding diaryl/α,β-unsaturated/α-hetero) is 1. The van der Waals surface area contributed by atoms with Crippen LogP contribution in [0.5, 0.6) is 5.75 Å². The Hall–Kier alpha value is -3.95. The molecular weight excluding hydrogens is 663 g/mol. The largest absolute Gasteiger partial charge is 0.494 e. The molecule has 1 aromatic heterocycles. The van der Waals surface area contributed by atoms with E-state index in [0.717, 1.165) is 12.8 Å². The van der Waals surface area contributed by atoms with Crippen LogP contribution in [0.2, 0.25) is 10.0 Å². The van der Waals surface area contributed by atoms with Crippen LogP contribution in [0.3, 0.4) is 0 Å². The number of nitro groups is 1. The summed E-state index contributed by atoms with van der Waals surface area (Å²) in [6.07, 6.45) is 19.5. The number of benzene rings is 3. The van der Waals surface area contributed by atoms with Gasteiger partial charge in [-0.2, -0.15) is 5.10 Å². The smallest absolute Gasteiger partial charge is 0.270 e. The Balaban J connectivity index is 1.30. The second-order valence-electron chi connectivity index (χ2n) is 12.4. The van der Waals surface area contributed by atoms with Gasteiger partial charge >= 0.3 is 0 Å². The fourth-order valence-corrected chi connectivity index (χ4v) is 6.31. The summed E-state index contributed by atoms with van der Waals surface area (Å²) >= 11 is 12.3. The van der Waals surface area contributed by atoms with Crippen LogP contribution in [-0.4, -0.2) is 33.0 Å². The number of halogens is 2. The molecule has 3 aromatic carbocycles. The lowest BCUT2D eigenvalue weighted by atomic mass is 10.0. The van der Waals surface area contributed by atoms with Gasteiger partial charge in [-0.25, -0.2) is 4.68 Å². The quantitative estimate of drug-likeness (QED) is 0.0285. The highest BCUT2D eigenvalue weighted by molar-refractivity contribution is 6.36. The molecule has 4 aromatic rings. The number of amides is 1. The molecule has 0 spiro atoms. The van der Waals surface area contributed by atoms with Crippen molar-refractivity contribution in [2.45, 2.75) is 103 Å². The van der Waals surface area contributed by atoms with Gasteiger partial charge in [-0.3, -0.25) is 19.7 Å². The molecule has 9 nitrogen and oxygen atoms in total. The summed E-state index contributed by atoms with van der Waals surface area (Å²) in [4.78, 5) is 38.4. The zero-order valence-corrected chi connectivity index (χ0v) is 29.7. The number of fused-ring (bicyclic) bond motifs is 1. The van der Waals surface area contributed by atoms with E-state index in [2.05, 4.69) is 17.3 Å². The van der Waals surface area contributed by atoms with Crippen molar-refractivity contribution in [2.24, 2.45) is 0 Å². The van der Waals surface area contributed by atoms with Crippen molar-refractivity contribution in [3.8, 4) is 5.75 Å². The number of hydrogen-bond donors (Lipinski definition) is 1. The number of carbonyl (C=O) groups excluding carboxylic acids is 2. The number of ketones is 1. The maximum atomic E-state index is 13.9. The van der Waals surface area contributed by atoms with E-state index in [1.54, 1.807) is 36.4 Å². The van der Waals surface area contributed by atoms with Crippen LogP contribution in [-0.2, 0) is 4.79 Å². The Morgan fingerprint density at radius 2 is 1.45 bits per heavy atom. The fourth-order valence-electron chi connectivity index (χ4n) is 5.85. The van der Waals surface area contributed by atoms with Gasteiger partial charge in [0.05, 0.1) is 34.0 Å². The molecule has 0 aliphatic rings. The van der Waals surface area contributed by atoms with Crippen molar-refractivity contribution in [2.75, 3.05) is 11.9 Å². The molecule has 11 heteroatoms. The average molecular weight is 710 g/mol. The van der Waals surface area contributed by atoms with Crippen molar-refractivity contribution in [3.05, 3.63) is 92.6 Å². The number of carbonyl (C=O) groups is 2. The fraction of sp³-hybridized carbons (Fsp3) is 0.447. The van der Waals surface area contributed by atoms with E-state index < -0.39 is 22.7 Å². The van der Waals surface area contributed by atoms with Gasteiger partial charge in [0.25, 0.3) is 11.6 Å². The molecule has 0 saturated carbocycles. The standard InChI is InChI=1S/C38H46Cl2N4O5/c1-2-3-4-5-6-7-8-9-10-11-12-13-14-15-24-49-32-20-16-28(17-21-32)37(45)36(38(46)42-34-22-18-30(39)26-33(34)40)43-35-23-19-31(44(47)48)25-29(35)27-41-43/h16-23,25-27,36H,2-15,24H2,1H3,(H,42,46). The van der Waals surface area contributed by atoms with E-state index in [9.17, 15) is 19.7 Å². The van der Waals surface area contributed by atoms with Crippen LogP contribution in [0.15, 0.2) is 66.9 Å². The van der Waals surface area contributed by atoms with Crippen molar-refractivity contribution < 1.29 is 19.2 Å². The topological polar surface area (TPSA) is 116 Å². The van der Waals surface area contributed by atoms with E-state index in [-0.39, 0.29) is 22.0 Å². The molecule has 0 saturated heterocycles. The summed E-state index contributed by atoms with van der Waals surface area (Å²) in [5.41, 5.74) is 0.802. The molecule has 0 bridgehead atoms. The molecule has 1 amide bonds. The molecule has 1 unspecified atom stereocenters. The van der Waals surface area contributed by atoms with Gasteiger partial charge in [0, 0.05) is 28.1 Å². The first-order valence-electron chi connectivity index (χ1n) is 17.4. The molecule has 1 atom stereocenters. The van der Waals surface area contributed by atoms with Gasteiger partial charge in [0.2, 0.25) is 0 Å². The zero-order valence-electron chi connectivity index (χ0n) is 28.2. The monoisotopic (exact) mass is 708 g/mol. The highest BCUT2D eigenvalue weighted by atomic mass is 35.5. The summed E-state index contributed by atoms with van der Waals surface area (Å²) in [7, 11) is 0. The SMILES string of the molecule is CCCCCCCCCCCCCCCCOc1ccc(C(=O)C(C(=O)Nc2ccc(Cl)cc2Cl)n2ncc3cc([N+](=O)[O-])ccc32)cc1. The number of nitrogens with one attached hydrogen (secondary N) is 1. The summed E-state index contributed by atoms with van der Waals surface area (Å²) < 4.78 is 7.19. The minimum Gasteiger partial charge on any atom is -0.494 e. The number of unbranched alkanes of at least 4 members (excludes halogenated alkanes) is 13. The second kappa shape index (κ2) is 19.9. The van der Waals surface area contributed by atoms with Crippen LogP contribution in [0.25, 0.3) is 10.9 Å². The predicted octanol–water partition coefficient (Wildman–Crippen LogP) is 11.2. The first-order valence-corrected chi connectivity index (χ1v) is 18.2. The van der Waals surface area contributed by atoms with Gasteiger partial charge in [-0.1, -0.05) is 114 Å². The van der Waals surface area contributed by atoms with Crippen molar-refractivity contribution >= 4 is 57.2 Å². The zero-order chi connectivity index (χ0) is 35.0. The Labute approximate surface area is 298 Å². The van der Waals surface area contributed by atoms with Crippen LogP contribution in [0.4, 0.5) is 11.4 Å². The Morgan fingerprint density at radius 3 is 2.04 bits per heavy atom. The maximum Gasteiger partial charge on any atom is 0.270 e. The first-order chi connectivity index (χ1) is 23.8. The van der Waals surface area contributed by atoms with Crippen LogP contribution >= 0.6 is 23.2 Å². The summed E-state index contributed by atoms with van der Waals surface area (Å²) in [5.74, 6) is -0.572.